The van der Waals surface area contributed by atoms with Crippen LogP contribution in [0.3, 0.4) is 0 Å². The third kappa shape index (κ3) is 2.47. The summed E-state index contributed by atoms with van der Waals surface area (Å²) in [5.74, 6) is 0.169. The Balaban J connectivity index is 2.42. The Hall–Kier alpha value is -1.06. The average molecular weight is 294 g/mol. The van der Waals surface area contributed by atoms with Gasteiger partial charge in [0.2, 0.25) is 11.8 Å². The van der Waals surface area contributed by atoms with Crippen LogP contribution in [0.5, 0.6) is 0 Å². The van der Waals surface area contributed by atoms with Crippen molar-refractivity contribution in [3.8, 4) is 0 Å². The Kier molecular flexibility index (Phi) is 4.64. The molecule has 2 amide bonds. The summed E-state index contributed by atoms with van der Waals surface area (Å²) in [6.07, 6.45) is 7.66. The van der Waals surface area contributed by atoms with E-state index in [1.807, 2.05) is 32.6 Å². The molecule has 1 unspecified atom stereocenters. The van der Waals surface area contributed by atoms with Crippen molar-refractivity contribution < 1.29 is 9.59 Å². The molecule has 1 N–H and O–H groups in total. The van der Waals surface area contributed by atoms with Crippen molar-refractivity contribution in [1.29, 1.82) is 0 Å². The molecule has 120 valence electrons. The number of piperazine rings is 1. The van der Waals surface area contributed by atoms with Crippen LogP contribution in [0, 0.1) is 0 Å². The molecule has 21 heavy (non-hydrogen) atoms. The molecule has 0 aromatic rings. The van der Waals surface area contributed by atoms with Gasteiger partial charge < -0.3 is 10.2 Å². The van der Waals surface area contributed by atoms with Gasteiger partial charge in [0.1, 0.15) is 11.1 Å². The van der Waals surface area contributed by atoms with Crippen molar-refractivity contribution in [2.45, 2.75) is 96.2 Å². The van der Waals surface area contributed by atoms with Gasteiger partial charge >= 0.3 is 0 Å². The molecule has 1 aliphatic carbocycles. The van der Waals surface area contributed by atoms with E-state index in [-0.39, 0.29) is 17.9 Å². The summed E-state index contributed by atoms with van der Waals surface area (Å²) in [6, 6.07) is 0.236. The quantitative estimate of drug-likeness (QED) is 0.866. The zero-order valence-electron chi connectivity index (χ0n) is 14.0. The molecular weight excluding hydrogens is 264 g/mol. The molecule has 0 aromatic heterocycles. The van der Waals surface area contributed by atoms with Crippen LogP contribution >= 0.6 is 0 Å². The summed E-state index contributed by atoms with van der Waals surface area (Å²) in [5.41, 5.74) is -1.38. The number of carbonyl (C=O) groups excluding carboxylic acids is 2. The lowest BCUT2D eigenvalue weighted by atomic mass is 9.78. The summed E-state index contributed by atoms with van der Waals surface area (Å²) in [4.78, 5) is 28.0. The lowest BCUT2D eigenvalue weighted by Crippen LogP contribution is -2.76. The van der Waals surface area contributed by atoms with Crippen LogP contribution in [0.25, 0.3) is 0 Å². The van der Waals surface area contributed by atoms with E-state index in [0.29, 0.717) is 19.3 Å². The molecular formula is C17H30N2O2. The Morgan fingerprint density at radius 1 is 1.05 bits per heavy atom. The third-order valence-corrected chi connectivity index (χ3v) is 5.84. The SMILES string of the molecule is CCC1(CC)NC(=O)C(C)(CC)N(C2CCCCC2)C1=O. The predicted octanol–water partition coefficient (Wildman–Crippen LogP) is 3.01. The summed E-state index contributed by atoms with van der Waals surface area (Å²) in [5, 5.41) is 3.06. The first-order valence-corrected chi connectivity index (χ1v) is 8.61. The number of rotatable bonds is 4. The van der Waals surface area contributed by atoms with E-state index in [9.17, 15) is 9.59 Å². The standard InChI is InChI=1S/C17H30N2O2/c1-5-16(4)14(20)18-17(6-2,7-3)15(21)19(16)13-11-9-8-10-12-13/h13H,5-12H2,1-4H3,(H,18,20). The second-order valence-electron chi connectivity index (χ2n) is 6.84. The third-order valence-electron chi connectivity index (χ3n) is 5.84. The first-order chi connectivity index (χ1) is 9.95. The van der Waals surface area contributed by atoms with E-state index in [0.717, 1.165) is 12.8 Å². The fourth-order valence-corrected chi connectivity index (χ4v) is 3.94. The molecule has 2 rings (SSSR count). The predicted molar refractivity (Wildman–Crippen MR) is 83.9 cm³/mol. The molecule has 0 spiro atoms. The van der Waals surface area contributed by atoms with E-state index < -0.39 is 11.1 Å². The molecule has 0 bridgehead atoms. The monoisotopic (exact) mass is 294 g/mol. The maximum Gasteiger partial charge on any atom is 0.249 e. The van der Waals surface area contributed by atoms with Crippen molar-refractivity contribution in [2.75, 3.05) is 0 Å². The van der Waals surface area contributed by atoms with Crippen LogP contribution < -0.4 is 5.32 Å². The molecule has 1 saturated carbocycles. The van der Waals surface area contributed by atoms with Gasteiger partial charge in [0.25, 0.3) is 0 Å². The molecule has 1 aliphatic heterocycles. The fraction of sp³-hybridized carbons (Fsp3) is 0.882. The number of carbonyl (C=O) groups is 2. The van der Waals surface area contributed by atoms with Crippen LogP contribution in [-0.4, -0.2) is 33.8 Å². The highest BCUT2D eigenvalue weighted by Gasteiger charge is 2.56. The molecule has 0 aromatic carbocycles. The van der Waals surface area contributed by atoms with Crippen molar-refractivity contribution >= 4 is 11.8 Å². The first kappa shape index (κ1) is 16.3. The van der Waals surface area contributed by atoms with E-state index in [4.69, 9.17) is 0 Å². The summed E-state index contributed by atoms with van der Waals surface area (Å²) < 4.78 is 0. The second-order valence-corrected chi connectivity index (χ2v) is 6.84. The Morgan fingerprint density at radius 2 is 1.62 bits per heavy atom. The number of hydrogen-bond donors (Lipinski definition) is 1. The smallest absolute Gasteiger partial charge is 0.249 e. The minimum absolute atomic E-state index is 0.0267. The average Bonchev–Trinajstić information content (AvgIpc) is 2.52. The van der Waals surface area contributed by atoms with Gasteiger partial charge in [-0.1, -0.05) is 40.0 Å². The van der Waals surface area contributed by atoms with E-state index >= 15 is 0 Å². The van der Waals surface area contributed by atoms with Crippen LogP contribution in [0.4, 0.5) is 0 Å². The highest BCUT2D eigenvalue weighted by Crippen LogP contribution is 2.37. The van der Waals surface area contributed by atoms with E-state index in [2.05, 4.69) is 5.32 Å². The highest BCUT2D eigenvalue weighted by atomic mass is 16.2. The van der Waals surface area contributed by atoms with Gasteiger partial charge in [-0.15, -0.1) is 0 Å². The Bertz CT molecular complexity index is 411. The minimum atomic E-state index is -0.691. The molecule has 0 radical (unpaired) electrons. The number of amides is 2. The lowest BCUT2D eigenvalue weighted by molar-refractivity contribution is -0.167. The topological polar surface area (TPSA) is 49.4 Å². The van der Waals surface area contributed by atoms with Gasteiger partial charge in [-0.3, -0.25) is 9.59 Å². The minimum Gasteiger partial charge on any atom is -0.340 e. The number of hydrogen-bond acceptors (Lipinski definition) is 2. The van der Waals surface area contributed by atoms with Crippen LogP contribution in [0.2, 0.25) is 0 Å². The summed E-state index contributed by atoms with van der Waals surface area (Å²) in [6.45, 7) is 7.93. The first-order valence-electron chi connectivity index (χ1n) is 8.61. The molecule has 2 aliphatic rings. The zero-order chi connectivity index (χ0) is 15.7. The van der Waals surface area contributed by atoms with Gasteiger partial charge in [-0.2, -0.15) is 0 Å². The van der Waals surface area contributed by atoms with Crippen LogP contribution in [0.1, 0.15) is 79.1 Å². The zero-order valence-corrected chi connectivity index (χ0v) is 14.0. The fourth-order valence-electron chi connectivity index (χ4n) is 3.94. The maximum absolute atomic E-state index is 13.2. The van der Waals surface area contributed by atoms with Crippen molar-refractivity contribution in [3.05, 3.63) is 0 Å². The number of nitrogens with zero attached hydrogens (tertiary/aromatic N) is 1. The van der Waals surface area contributed by atoms with Gasteiger partial charge in [-0.25, -0.2) is 0 Å². The maximum atomic E-state index is 13.2. The highest BCUT2D eigenvalue weighted by molar-refractivity contribution is 6.02. The molecule has 1 atom stereocenters. The van der Waals surface area contributed by atoms with Crippen molar-refractivity contribution in [2.24, 2.45) is 0 Å². The van der Waals surface area contributed by atoms with E-state index in [1.165, 1.54) is 19.3 Å². The van der Waals surface area contributed by atoms with Crippen LogP contribution in [-0.2, 0) is 9.59 Å². The van der Waals surface area contributed by atoms with Gasteiger partial charge in [0.15, 0.2) is 0 Å². The van der Waals surface area contributed by atoms with E-state index in [1.54, 1.807) is 0 Å². The van der Waals surface area contributed by atoms with Crippen molar-refractivity contribution in [3.63, 3.8) is 0 Å². The summed E-state index contributed by atoms with van der Waals surface area (Å²) in [7, 11) is 0. The van der Waals surface area contributed by atoms with Gasteiger partial charge in [0, 0.05) is 6.04 Å². The normalized spacial score (nSPS) is 30.4. The van der Waals surface area contributed by atoms with Gasteiger partial charge in [0.05, 0.1) is 0 Å². The molecule has 1 saturated heterocycles. The summed E-state index contributed by atoms with van der Waals surface area (Å²) >= 11 is 0. The number of nitrogens with one attached hydrogen (secondary N) is 1. The second kappa shape index (κ2) is 5.98. The lowest BCUT2D eigenvalue weighted by Gasteiger charge is -2.54. The molecule has 4 nitrogen and oxygen atoms in total. The van der Waals surface area contributed by atoms with Crippen LogP contribution in [0.15, 0.2) is 0 Å². The molecule has 4 heteroatoms. The Labute approximate surface area is 128 Å². The van der Waals surface area contributed by atoms with Gasteiger partial charge in [-0.05, 0) is 39.0 Å². The molecule has 1 heterocycles. The largest absolute Gasteiger partial charge is 0.340 e. The van der Waals surface area contributed by atoms with Crippen molar-refractivity contribution in [1.82, 2.24) is 10.2 Å². The Morgan fingerprint density at radius 3 is 2.10 bits per heavy atom. The molecule has 2 fully saturated rings.